The number of benzene rings is 1. The molecular formula is C31H35F6N8PRu+2. The molecular weight excluding hydrogens is 730 g/mol. The number of rotatable bonds is 3. The topological polar surface area (TPSA) is 109 Å². The third-order valence-electron chi connectivity index (χ3n) is 6.28. The molecule has 4 heterocycles. The molecule has 0 saturated carbocycles. The Morgan fingerprint density at radius 2 is 0.979 bits per heavy atom. The minimum atomic E-state index is -4.53. The smallest absolute Gasteiger partial charge is 0.255 e. The summed E-state index contributed by atoms with van der Waals surface area (Å²) >= 11 is 0. The van der Waals surface area contributed by atoms with E-state index in [1.807, 2.05) is 69.9 Å². The van der Waals surface area contributed by atoms with Gasteiger partial charge in [0.2, 0.25) is 11.6 Å². The van der Waals surface area contributed by atoms with E-state index in [1.165, 1.54) is 5.30 Å². The van der Waals surface area contributed by atoms with Crippen LogP contribution < -0.4 is 5.30 Å². The Balaban J connectivity index is 0.000000261. The second kappa shape index (κ2) is 16.0. The van der Waals surface area contributed by atoms with Gasteiger partial charge in [0, 0.05) is 12.4 Å². The van der Waals surface area contributed by atoms with Crippen LogP contribution in [-0.2, 0) is 42.7 Å². The van der Waals surface area contributed by atoms with Gasteiger partial charge in [-0.1, -0.05) is 80.5 Å². The maximum Gasteiger partial charge on any atom is 2.00 e. The predicted octanol–water partition coefficient (Wildman–Crippen LogP) is 7.98. The quantitative estimate of drug-likeness (QED) is 0.110. The van der Waals surface area contributed by atoms with Gasteiger partial charge in [0.15, 0.2) is 11.6 Å². The van der Waals surface area contributed by atoms with Gasteiger partial charge in [-0.2, -0.15) is 36.5 Å². The van der Waals surface area contributed by atoms with Crippen LogP contribution in [0, 0.1) is 0 Å². The molecule has 8 nitrogen and oxygen atoms in total. The van der Waals surface area contributed by atoms with Crippen LogP contribution >= 0.6 is 8.58 Å². The van der Waals surface area contributed by atoms with Crippen LogP contribution in [0.1, 0.15) is 64.3 Å². The average molecular weight is 766 g/mol. The molecule has 0 amide bonds. The number of nitrogens with one attached hydrogen (secondary N) is 2. The summed E-state index contributed by atoms with van der Waals surface area (Å²) in [6.07, 6.45) is -5.99. The summed E-state index contributed by atoms with van der Waals surface area (Å²) in [6.45, 7) is 14.2. The molecule has 47 heavy (non-hydrogen) atoms. The Morgan fingerprint density at radius 3 is 1.26 bits per heavy atom. The van der Waals surface area contributed by atoms with Crippen molar-refractivity contribution in [2.45, 2.75) is 64.7 Å². The molecule has 5 aromatic rings. The van der Waals surface area contributed by atoms with Crippen LogP contribution in [0.25, 0.3) is 23.0 Å². The van der Waals surface area contributed by atoms with Gasteiger partial charge in [0.1, 0.15) is 11.4 Å². The normalized spacial score (nSPS) is 12.1. The first-order chi connectivity index (χ1) is 21.3. The molecule has 0 aliphatic carbocycles. The van der Waals surface area contributed by atoms with Gasteiger partial charge in [0.05, 0.1) is 0 Å². The maximum absolute atomic E-state index is 12.4. The molecule has 4 aromatic heterocycles. The van der Waals surface area contributed by atoms with Crippen molar-refractivity contribution in [3.63, 3.8) is 0 Å². The molecule has 0 saturated heterocycles. The standard InChI is InChI=1S/2C12H13F3N4.C7H9P.Ru/c2*1-11(2,3)7-4-5-16-8(6-7)9-17-10(19-18-9)12(13,14)15;1-8-7-5-3-2-4-6-7;/h2*4-6H,1-3H3,(H,17,18,19);2-6,8H,1H3;/q;;;+2. The van der Waals surface area contributed by atoms with E-state index in [2.05, 4.69) is 61.1 Å². The van der Waals surface area contributed by atoms with E-state index in [0.717, 1.165) is 19.7 Å². The Kier molecular flexibility index (Phi) is 13.5. The van der Waals surface area contributed by atoms with Crippen molar-refractivity contribution in [1.82, 2.24) is 40.3 Å². The van der Waals surface area contributed by atoms with Gasteiger partial charge in [-0.25, -0.2) is 9.97 Å². The van der Waals surface area contributed by atoms with E-state index in [1.54, 1.807) is 24.5 Å². The number of nitrogens with zero attached hydrogens (tertiary/aromatic N) is 6. The number of hydrogen-bond acceptors (Lipinski definition) is 6. The minimum Gasteiger partial charge on any atom is -0.255 e. The summed E-state index contributed by atoms with van der Waals surface area (Å²) in [5.74, 6) is -2.35. The molecule has 0 fully saturated rings. The zero-order chi connectivity index (χ0) is 34.3. The fourth-order valence-electron chi connectivity index (χ4n) is 3.65. The van der Waals surface area contributed by atoms with Crippen LogP contribution in [0.5, 0.6) is 0 Å². The first-order valence-electron chi connectivity index (χ1n) is 13.9. The van der Waals surface area contributed by atoms with E-state index in [0.29, 0.717) is 11.4 Å². The summed E-state index contributed by atoms with van der Waals surface area (Å²) in [4.78, 5) is 14.9. The Bertz CT molecular complexity index is 1590. The zero-order valence-corrected chi connectivity index (χ0v) is 29.4. The van der Waals surface area contributed by atoms with Crippen LogP contribution in [0.2, 0.25) is 0 Å². The van der Waals surface area contributed by atoms with Crippen LogP contribution in [0.15, 0.2) is 67.0 Å². The van der Waals surface area contributed by atoms with E-state index in [9.17, 15) is 26.3 Å². The van der Waals surface area contributed by atoms with Crippen molar-refractivity contribution in [2.24, 2.45) is 0 Å². The van der Waals surface area contributed by atoms with E-state index in [-0.39, 0.29) is 42.0 Å². The Hall–Kier alpha value is -3.57. The molecule has 1 atom stereocenters. The summed E-state index contributed by atoms with van der Waals surface area (Å²) in [5, 5.41) is 12.3. The summed E-state index contributed by atoms with van der Waals surface area (Å²) in [6, 6.07) is 17.5. The molecule has 0 aliphatic rings. The summed E-state index contributed by atoms with van der Waals surface area (Å²) in [5.41, 5.74) is 2.30. The average Bonchev–Trinajstić information content (AvgIpc) is 3.69. The molecule has 0 bridgehead atoms. The number of alkyl halides is 6. The van der Waals surface area contributed by atoms with Crippen molar-refractivity contribution >= 4 is 13.9 Å². The van der Waals surface area contributed by atoms with Gasteiger partial charge < -0.3 is 0 Å². The fourth-order valence-corrected chi connectivity index (χ4v) is 4.18. The zero-order valence-electron chi connectivity index (χ0n) is 26.7. The molecule has 0 aliphatic heterocycles. The van der Waals surface area contributed by atoms with Crippen LogP contribution in [-0.4, -0.2) is 47.0 Å². The molecule has 1 unspecified atom stereocenters. The number of hydrogen-bond donors (Lipinski definition) is 2. The van der Waals surface area contributed by atoms with Crippen LogP contribution in [0.4, 0.5) is 26.3 Å². The first-order valence-corrected chi connectivity index (χ1v) is 15.4. The first kappa shape index (κ1) is 39.6. The van der Waals surface area contributed by atoms with Gasteiger partial charge in [-0.05, 0) is 58.2 Å². The van der Waals surface area contributed by atoms with E-state index in [4.69, 9.17) is 0 Å². The largest absolute Gasteiger partial charge is 2.00 e. The molecule has 16 heteroatoms. The van der Waals surface area contributed by atoms with Crippen molar-refractivity contribution in [3.8, 4) is 23.0 Å². The summed E-state index contributed by atoms with van der Waals surface area (Å²) < 4.78 is 74.6. The number of halogens is 6. The third kappa shape index (κ3) is 11.9. The van der Waals surface area contributed by atoms with E-state index >= 15 is 0 Å². The van der Waals surface area contributed by atoms with Crippen molar-refractivity contribution in [2.75, 3.05) is 6.66 Å². The Labute approximate surface area is 283 Å². The number of aromatic nitrogens is 8. The SMILES string of the molecule is CC(C)(C)c1ccnc(-c2n[nH]c(C(F)(F)F)n2)c1.CC(C)(C)c1ccnc(-c2n[nH]c(C(F)(F)F)n2)c1.CPc1ccccc1.[Ru+2]. The molecule has 5 rings (SSSR count). The van der Waals surface area contributed by atoms with Crippen molar-refractivity contribution in [3.05, 3.63) is 89.8 Å². The van der Waals surface area contributed by atoms with Crippen molar-refractivity contribution in [1.29, 1.82) is 0 Å². The van der Waals surface area contributed by atoms with E-state index < -0.39 is 24.0 Å². The Morgan fingerprint density at radius 1 is 0.596 bits per heavy atom. The van der Waals surface area contributed by atoms with Gasteiger partial charge in [0.25, 0.3) is 0 Å². The number of aromatic amines is 2. The van der Waals surface area contributed by atoms with Gasteiger partial charge in [-0.3, -0.25) is 20.2 Å². The molecule has 0 spiro atoms. The van der Waals surface area contributed by atoms with Crippen molar-refractivity contribution < 1.29 is 45.8 Å². The molecule has 252 valence electrons. The molecule has 1 aromatic carbocycles. The fraction of sp³-hybridized carbons (Fsp3) is 0.355. The molecule has 0 radical (unpaired) electrons. The number of pyridine rings is 2. The van der Waals surface area contributed by atoms with Gasteiger partial charge in [-0.15, -0.1) is 0 Å². The second-order valence-corrected chi connectivity index (χ2v) is 13.1. The maximum atomic E-state index is 12.4. The third-order valence-corrected chi connectivity index (χ3v) is 7.19. The number of H-pyrrole nitrogens is 2. The van der Waals surface area contributed by atoms with Crippen LogP contribution in [0.3, 0.4) is 0 Å². The second-order valence-electron chi connectivity index (χ2n) is 12.0. The monoisotopic (exact) mass is 766 g/mol. The predicted molar refractivity (Wildman–Crippen MR) is 167 cm³/mol. The van der Waals surface area contributed by atoms with Gasteiger partial charge >= 0.3 is 31.8 Å². The minimum absolute atomic E-state index is 0. The summed E-state index contributed by atoms with van der Waals surface area (Å²) in [7, 11) is 0.930. The molecule has 2 N–H and O–H groups in total.